The molecule has 0 bridgehead atoms. The molecule has 0 aliphatic carbocycles. The molecule has 1 aromatic heterocycles. The molecular formula is C11H16N4O2. The largest absolute Gasteiger partial charge is 0.394 e. The molecule has 0 aromatic carbocycles. The van der Waals surface area contributed by atoms with Gasteiger partial charge in [0.1, 0.15) is 11.7 Å². The molecule has 1 atom stereocenters. The predicted octanol–water partition coefficient (Wildman–Crippen LogP) is -0.437. The van der Waals surface area contributed by atoms with E-state index in [2.05, 4.69) is 4.98 Å². The summed E-state index contributed by atoms with van der Waals surface area (Å²) in [6.07, 6.45) is 1.62. The standard InChI is InChI=1S/C11H16N4O2/c12-11(13)8-1-2-14-10(5-8)15-3-4-17-7-9(15)6-16/h1-2,5,9,16H,3-4,6-7H2,(H3,12,13). The van der Waals surface area contributed by atoms with Crippen molar-refractivity contribution >= 4 is 11.7 Å². The van der Waals surface area contributed by atoms with Gasteiger partial charge in [-0.2, -0.15) is 0 Å². The number of nitrogens with zero attached hydrogens (tertiary/aromatic N) is 2. The van der Waals surface area contributed by atoms with Gasteiger partial charge in [-0.25, -0.2) is 4.98 Å². The minimum Gasteiger partial charge on any atom is -0.394 e. The van der Waals surface area contributed by atoms with E-state index >= 15 is 0 Å². The number of aromatic nitrogens is 1. The Morgan fingerprint density at radius 3 is 3.24 bits per heavy atom. The molecule has 6 nitrogen and oxygen atoms in total. The highest BCUT2D eigenvalue weighted by Crippen LogP contribution is 2.18. The highest BCUT2D eigenvalue weighted by atomic mass is 16.5. The van der Waals surface area contributed by atoms with Crippen molar-refractivity contribution < 1.29 is 9.84 Å². The van der Waals surface area contributed by atoms with Crippen LogP contribution in [0.4, 0.5) is 5.82 Å². The molecule has 0 spiro atoms. The molecule has 6 heteroatoms. The second-order valence-corrected chi connectivity index (χ2v) is 3.92. The molecule has 0 amide bonds. The van der Waals surface area contributed by atoms with Crippen molar-refractivity contribution in [3.05, 3.63) is 23.9 Å². The highest BCUT2D eigenvalue weighted by Gasteiger charge is 2.23. The maximum atomic E-state index is 9.28. The normalized spacial score (nSPS) is 20.3. The van der Waals surface area contributed by atoms with Gasteiger partial charge in [0.15, 0.2) is 0 Å². The maximum absolute atomic E-state index is 9.28. The van der Waals surface area contributed by atoms with E-state index in [1.165, 1.54) is 0 Å². The minimum atomic E-state index is -0.0848. The summed E-state index contributed by atoms with van der Waals surface area (Å²) in [5, 5.41) is 16.7. The van der Waals surface area contributed by atoms with Crippen LogP contribution in [0.3, 0.4) is 0 Å². The van der Waals surface area contributed by atoms with Crippen LogP contribution in [0.15, 0.2) is 18.3 Å². The third-order valence-electron chi connectivity index (χ3n) is 2.79. The van der Waals surface area contributed by atoms with Crippen molar-refractivity contribution in [2.45, 2.75) is 6.04 Å². The van der Waals surface area contributed by atoms with Crippen LogP contribution in [0.2, 0.25) is 0 Å². The zero-order chi connectivity index (χ0) is 12.3. The second kappa shape index (κ2) is 5.11. The fourth-order valence-corrected chi connectivity index (χ4v) is 1.85. The Balaban J connectivity index is 2.25. The van der Waals surface area contributed by atoms with Gasteiger partial charge in [0.25, 0.3) is 0 Å². The van der Waals surface area contributed by atoms with Crippen LogP contribution in [-0.4, -0.2) is 48.3 Å². The van der Waals surface area contributed by atoms with Crippen molar-refractivity contribution in [1.82, 2.24) is 4.98 Å². The second-order valence-electron chi connectivity index (χ2n) is 3.92. The molecule has 17 heavy (non-hydrogen) atoms. The predicted molar refractivity (Wildman–Crippen MR) is 64.3 cm³/mol. The Morgan fingerprint density at radius 2 is 2.53 bits per heavy atom. The van der Waals surface area contributed by atoms with Gasteiger partial charge < -0.3 is 20.5 Å². The van der Waals surface area contributed by atoms with E-state index in [1.54, 1.807) is 18.3 Å². The Labute approximate surface area is 99.5 Å². The zero-order valence-corrected chi connectivity index (χ0v) is 9.47. The smallest absolute Gasteiger partial charge is 0.129 e. The summed E-state index contributed by atoms with van der Waals surface area (Å²) in [7, 11) is 0. The van der Waals surface area contributed by atoms with E-state index in [0.717, 1.165) is 5.82 Å². The van der Waals surface area contributed by atoms with Crippen molar-refractivity contribution in [2.24, 2.45) is 5.73 Å². The van der Waals surface area contributed by atoms with E-state index in [1.807, 2.05) is 4.90 Å². The van der Waals surface area contributed by atoms with Crippen LogP contribution in [0.1, 0.15) is 5.56 Å². The molecule has 0 radical (unpaired) electrons. The topological polar surface area (TPSA) is 95.5 Å². The van der Waals surface area contributed by atoms with E-state index in [4.69, 9.17) is 15.9 Å². The molecule has 1 aliphatic rings. The first-order valence-electron chi connectivity index (χ1n) is 5.48. The molecule has 2 rings (SSSR count). The summed E-state index contributed by atoms with van der Waals surface area (Å²) >= 11 is 0. The molecule has 92 valence electrons. The van der Waals surface area contributed by atoms with Gasteiger partial charge in [0, 0.05) is 18.3 Å². The van der Waals surface area contributed by atoms with Crippen LogP contribution in [0, 0.1) is 5.41 Å². The Hall–Kier alpha value is -1.66. The van der Waals surface area contributed by atoms with Crippen molar-refractivity contribution in [3.63, 3.8) is 0 Å². The fraction of sp³-hybridized carbons (Fsp3) is 0.455. The van der Waals surface area contributed by atoms with Gasteiger partial charge in [-0.15, -0.1) is 0 Å². The number of nitrogens with two attached hydrogens (primary N) is 1. The lowest BCUT2D eigenvalue weighted by molar-refractivity contribution is 0.0723. The number of aliphatic hydroxyl groups excluding tert-OH is 1. The number of nitrogens with one attached hydrogen (secondary N) is 1. The maximum Gasteiger partial charge on any atom is 0.129 e. The summed E-state index contributed by atoms with van der Waals surface area (Å²) in [6, 6.07) is 3.37. The summed E-state index contributed by atoms with van der Waals surface area (Å²) < 4.78 is 5.31. The van der Waals surface area contributed by atoms with E-state index in [-0.39, 0.29) is 18.5 Å². The Kier molecular flexibility index (Phi) is 3.55. The number of hydrogen-bond donors (Lipinski definition) is 3. The monoisotopic (exact) mass is 236 g/mol. The third-order valence-corrected chi connectivity index (χ3v) is 2.79. The SMILES string of the molecule is N=C(N)c1ccnc(N2CCOCC2CO)c1. The lowest BCUT2D eigenvalue weighted by Crippen LogP contribution is -2.48. The number of nitrogen functional groups attached to an aromatic ring is 1. The van der Waals surface area contributed by atoms with Crippen LogP contribution in [-0.2, 0) is 4.74 Å². The number of aliphatic hydroxyl groups is 1. The minimum absolute atomic E-state index is 0.0162. The number of pyridine rings is 1. The number of amidine groups is 1. The average molecular weight is 236 g/mol. The van der Waals surface area contributed by atoms with E-state index in [9.17, 15) is 5.11 Å². The lowest BCUT2D eigenvalue weighted by atomic mass is 10.2. The first kappa shape index (κ1) is 11.8. The van der Waals surface area contributed by atoms with Crippen LogP contribution < -0.4 is 10.6 Å². The van der Waals surface area contributed by atoms with E-state index in [0.29, 0.717) is 25.3 Å². The molecule has 1 unspecified atom stereocenters. The highest BCUT2D eigenvalue weighted by molar-refractivity contribution is 5.95. The number of anilines is 1. The lowest BCUT2D eigenvalue weighted by Gasteiger charge is -2.35. The first-order chi connectivity index (χ1) is 8.22. The first-order valence-corrected chi connectivity index (χ1v) is 5.48. The molecule has 0 saturated carbocycles. The fourth-order valence-electron chi connectivity index (χ4n) is 1.85. The average Bonchev–Trinajstić information content (AvgIpc) is 2.39. The quantitative estimate of drug-likeness (QED) is 0.488. The van der Waals surface area contributed by atoms with Gasteiger partial charge in [0.2, 0.25) is 0 Å². The van der Waals surface area contributed by atoms with Gasteiger partial charge in [0.05, 0.1) is 25.9 Å². The molecule has 1 fully saturated rings. The molecule has 1 aromatic rings. The molecule has 1 saturated heterocycles. The van der Waals surface area contributed by atoms with Gasteiger partial charge in [-0.1, -0.05) is 0 Å². The van der Waals surface area contributed by atoms with E-state index < -0.39 is 0 Å². The van der Waals surface area contributed by atoms with Crippen molar-refractivity contribution in [1.29, 1.82) is 5.41 Å². The Bertz CT molecular complexity index is 410. The summed E-state index contributed by atoms with van der Waals surface area (Å²) in [5.41, 5.74) is 6.08. The number of rotatable bonds is 3. The van der Waals surface area contributed by atoms with Crippen molar-refractivity contribution in [3.8, 4) is 0 Å². The summed E-state index contributed by atoms with van der Waals surface area (Å²) in [4.78, 5) is 6.23. The van der Waals surface area contributed by atoms with Crippen LogP contribution >= 0.6 is 0 Å². The van der Waals surface area contributed by atoms with Crippen LogP contribution in [0.5, 0.6) is 0 Å². The van der Waals surface area contributed by atoms with Crippen molar-refractivity contribution in [2.75, 3.05) is 31.3 Å². The number of ether oxygens (including phenoxy) is 1. The number of hydrogen-bond acceptors (Lipinski definition) is 5. The summed E-state index contributed by atoms with van der Waals surface area (Å²) in [5.74, 6) is 0.738. The zero-order valence-electron chi connectivity index (χ0n) is 9.47. The molecule has 4 N–H and O–H groups in total. The number of morpholine rings is 1. The van der Waals surface area contributed by atoms with Gasteiger partial charge in [-0.3, -0.25) is 5.41 Å². The molecule has 2 heterocycles. The third kappa shape index (κ3) is 2.54. The van der Waals surface area contributed by atoms with Gasteiger partial charge >= 0.3 is 0 Å². The van der Waals surface area contributed by atoms with Gasteiger partial charge in [-0.05, 0) is 12.1 Å². The molecule has 1 aliphatic heterocycles. The Morgan fingerprint density at radius 1 is 1.71 bits per heavy atom. The summed E-state index contributed by atoms with van der Waals surface area (Å²) in [6.45, 7) is 1.80. The van der Waals surface area contributed by atoms with Crippen LogP contribution in [0.25, 0.3) is 0 Å². The molecular weight excluding hydrogens is 220 g/mol.